The summed E-state index contributed by atoms with van der Waals surface area (Å²) in [6, 6.07) is 3.86. The summed E-state index contributed by atoms with van der Waals surface area (Å²) in [6.45, 7) is 0.199. The molecular weight excluding hydrogens is 229 g/mol. The Balaban J connectivity index is 2.21. The fourth-order valence-electron chi connectivity index (χ4n) is 1.34. The third kappa shape index (κ3) is 2.36. The summed E-state index contributed by atoms with van der Waals surface area (Å²) in [5, 5.41) is 19.6. The zero-order chi connectivity index (χ0) is 12.3. The molecule has 7 nitrogen and oxygen atoms in total. The van der Waals surface area contributed by atoms with Crippen molar-refractivity contribution in [2.45, 2.75) is 6.54 Å². The molecule has 0 aliphatic rings. The van der Waals surface area contributed by atoms with E-state index < -0.39 is 16.4 Å². The number of anilines is 1. The Hall–Kier alpha value is -2.51. The van der Waals surface area contributed by atoms with Gasteiger partial charge in [0.2, 0.25) is 5.82 Å². The lowest BCUT2D eigenvalue weighted by Crippen LogP contribution is -2.05. The van der Waals surface area contributed by atoms with Crippen LogP contribution in [0.2, 0.25) is 0 Å². The molecule has 2 N–H and O–H groups in total. The van der Waals surface area contributed by atoms with E-state index in [0.717, 1.165) is 6.07 Å². The maximum Gasteiger partial charge on any atom is 0.327 e. The zero-order valence-electron chi connectivity index (χ0n) is 8.55. The fraction of sp³-hybridized carbons (Fsp3) is 0.111. The average Bonchev–Trinajstić information content (AvgIpc) is 2.78. The molecule has 0 aliphatic heterocycles. The van der Waals surface area contributed by atoms with E-state index in [1.165, 1.54) is 18.5 Å². The van der Waals surface area contributed by atoms with Crippen LogP contribution < -0.4 is 5.32 Å². The first-order valence-corrected chi connectivity index (χ1v) is 4.69. The number of benzene rings is 1. The molecule has 0 saturated carbocycles. The van der Waals surface area contributed by atoms with E-state index in [2.05, 4.69) is 20.5 Å². The first-order valence-electron chi connectivity index (χ1n) is 4.69. The fourth-order valence-corrected chi connectivity index (χ4v) is 1.34. The highest BCUT2D eigenvalue weighted by molar-refractivity contribution is 5.61. The van der Waals surface area contributed by atoms with E-state index in [4.69, 9.17) is 0 Å². The highest BCUT2D eigenvalue weighted by atomic mass is 19.1. The van der Waals surface area contributed by atoms with Gasteiger partial charge in [0.15, 0.2) is 0 Å². The van der Waals surface area contributed by atoms with Gasteiger partial charge in [0.05, 0.1) is 11.5 Å². The number of hydrogen-bond acceptors (Lipinski definition) is 5. The summed E-state index contributed by atoms with van der Waals surface area (Å²) in [5.74, 6) is -0.374. The predicted octanol–water partition coefficient (Wildman–Crippen LogP) is 1.46. The molecule has 88 valence electrons. The van der Waals surface area contributed by atoms with Gasteiger partial charge in [0.25, 0.3) is 0 Å². The van der Waals surface area contributed by atoms with Crippen LogP contribution in [0.3, 0.4) is 0 Å². The molecule has 0 saturated heterocycles. The maximum atomic E-state index is 13.2. The Labute approximate surface area is 94.8 Å². The largest absolute Gasteiger partial charge is 0.372 e. The molecule has 0 fully saturated rings. The van der Waals surface area contributed by atoms with Crippen molar-refractivity contribution in [1.29, 1.82) is 0 Å². The smallest absolute Gasteiger partial charge is 0.327 e. The number of hydrogen-bond donors (Lipinski definition) is 2. The Morgan fingerprint density at radius 1 is 1.53 bits per heavy atom. The summed E-state index contributed by atoms with van der Waals surface area (Å²) in [5.41, 5.74) is -0.474. The first-order chi connectivity index (χ1) is 8.18. The highest BCUT2D eigenvalue weighted by Gasteiger charge is 2.19. The number of nitrogens with one attached hydrogen (secondary N) is 2. The van der Waals surface area contributed by atoms with Gasteiger partial charge in [0, 0.05) is 0 Å². The number of halogens is 1. The van der Waals surface area contributed by atoms with E-state index in [0.29, 0.717) is 5.82 Å². The van der Waals surface area contributed by atoms with Crippen LogP contribution in [0.15, 0.2) is 24.5 Å². The van der Waals surface area contributed by atoms with Crippen LogP contribution in [0.4, 0.5) is 15.8 Å². The molecule has 1 aromatic carbocycles. The zero-order valence-corrected chi connectivity index (χ0v) is 8.55. The molecular formula is C9H8FN5O2. The van der Waals surface area contributed by atoms with Gasteiger partial charge >= 0.3 is 5.69 Å². The molecule has 1 heterocycles. The van der Waals surface area contributed by atoms with Gasteiger partial charge in [-0.05, 0) is 12.1 Å². The Morgan fingerprint density at radius 3 is 3.00 bits per heavy atom. The van der Waals surface area contributed by atoms with Gasteiger partial charge in [0.1, 0.15) is 17.8 Å². The lowest BCUT2D eigenvalue weighted by molar-refractivity contribution is -0.386. The molecule has 1 aromatic heterocycles. The number of rotatable bonds is 4. The second-order valence-corrected chi connectivity index (χ2v) is 3.18. The van der Waals surface area contributed by atoms with E-state index in [-0.39, 0.29) is 12.2 Å². The van der Waals surface area contributed by atoms with Crippen molar-refractivity contribution in [3.8, 4) is 0 Å². The van der Waals surface area contributed by atoms with Gasteiger partial charge in [-0.25, -0.2) is 4.98 Å². The molecule has 0 bridgehead atoms. The quantitative estimate of drug-likeness (QED) is 0.619. The Bertz CT molecular complexity index is 528. The molecule has 2 aromatic rings. The second kappa shape index (κ2) is 4.56. The number of H-pyrrole nitrogens is 1. The van der Waals surface area contributed by atoms with Gasteiger partial charge in [-0.3, -0.25) is 15.2 Å². The Morgan fingerprint density at radius 2 is 2.35 bits per heavy atom. The van der Waals surface area contributed by atoms with Gasteiger partial charge in [-0.2, -0.15) is 9.49 Å². The molecule has 17 heavy (non-hydrogen) atoms. The standard InChI is InChI=1S/C9H8FN5O2/c10-6-2-1-3-7(9(6)15(16)17)11-4-8-12-5-13-14-8/h1-3,5,11H,4H2,(H,12,13,14). The van der Waals surface area contributed by atoms with Gasteiger partial charge in [-0.1, -0.05) is 6.07 Å². The minimum Gasteiger partial charge on any atom is -0.372 e. The lowest BCUT2D eigenvalue weighted by atomic mass is 10.2. The predicted molar refractivity (Wildman–Crippen MR) is 56.8 cm³/mol. The summed E-state index contributed by atoms with van der Waals surface area (Å²) in [6.07, 6.45) is 1.32. The molecule has 0 atom stereocenters. The third-order valence-electron chi connectivity index (χ3n) is 2.08. The molecule has 2 rings (SSSR count). The van der Waals surface area contributed by atoms with Crippen molar-refractivity contribution >= 4 is 11.4 Å². The van der Waals surface area contributed by atoms with Crippen LogP contribution in [0, 0.1) is 15.9 Å². The van der Waals surface area contributed by atoms with Crippen LogP contribution in [0.1, 0.15) is 5.82 Å². The number of aromatic amines is 1. The number of nitrogens with zero attached hydrogens (tertiary/aromatic N) is 3. The molecule has 8 heteroatoms. The van der Waals surface area contributed by atoms with Crippen molar-refractivity contribution in [3.63, 3.8) is 0 Å². The third-order valence-corrected chi connectivity index (χ3v) is 2.08. The lowest BCUT2D eigenvalue weighted by Gasteiger charge is -2.05. The van der Waals surface area contributed by atoms with Crippen molar-refractivity contribution in [2.75, 3.05) is 5.32 Å². The molecule has 0 spiro atoms. The van der Waals surface area contributed by atoms with E-state index in [1.807, 2.05) is 0 Å². The number of nitro groups is 1. The summed E-state index contributed by atoms with van der Waals surface area (Å²) < 4.78 is 13.2. The minimum atomic E-state index is -0.877. The van der Waals surface area contributed by atoms with Crippen molar-refractivity contribution in [1.82, 2.24) is 15.2 Å². The van der Waals surface area contributed by atoms with Crippen LogP contribution >= 0.6 is 0 Å². The van der Waals surface area contributed by atoms with Crippen LogP contribution in [-0.2, 0) is 6.54 Å². The maximum absolute atomic E-state index is 13.2. The van der Waals surface area contributed by atoms with Gasteiger partial charge in [-0.15, -0.1) is 0 Å². The second-order valence-electron chi connectivity index (χ2n) is 3.18. The van der Waals surface area contributed by atoms with Crippen LogP contribution in [0.5, 0.6) is 0 Å². The van der Waals surface area contributed by atoms with Crippen molar-refractivity contribution < 1.29 is 9.31 Å². The summed E-state index contributed by atoms with van der Waals surface area (Å²) in [4.78, 5) is 13.8. The average molecular weight is 237 g/mol. The normalized spacial score (nSPS) is 10.2. The molecule has 0 aliphatic carbocycles. The number of aromatic nitrogens is 3. The first kappa shape index (κ1) is 11.0. The molecule has 0 unspecified atom stereocenters. The van der Waals surface area contributed by atoms with E-state index in [1.54, 1.807) is 0 Å². The van der Waals surface area contributed by atoms with Crippen molar-refractivity contribution in [3.05, 3.63) is 46.3 Å². The highest BCUT2D eigenvalue weighted by Crippen LogP contribution is 2.27. The van der Waals surface area contributed by atoms with Gasteiger partial charge < -0.3 is 5.32 Å². The monoisotopic (exact) mass is 237 g/mol. The van der Waals surface area contributed by atoms with E-state index in [9.17, 15) is 14.5 Å². The summed E-state index contributed by atoms with van der Waals surface area (Å²) >= 11 is 0. The minimum absolute atomic E-state index is 0.103. The van der Waals surface area contributed by atoms with E-state index >= 15 is 0 Å². The topological polar surface area (TPSA) is 96.7 Å². The van der Waals surface area contributed by atoms with Crippen LogP contribution in [0.25, 0.3) is 0 Å². The van der Waals surface area contributed by atoms with Crippen LogP contribution in [-0.4, -0.2) is 20.1 Å². The Kier molecular flexibility index (Phi) is 2.95. The SMILES string of the molecule is O=[N+]([O-])c1c(F)cccc1NCc1ncn[nH]1. The number of nitro benzene ring substituents is 1. The molecule has 0 radical (unpaired) electrons. The van der Waals surface area contributed by atoms with Crippen molar-refractivity contribution in [2.24, 2.45) is 0 Å². The molecule has 0 amide bonds. The number of para-hydroxylation sites is 1. The summed E-state index contributed by atoms with van der Waals surface area (Å²) in [7, 11) is 0.